The molecule has 0 saturated heterocycles. The van der Waals surface area contributed by atoms with Crippen LogP contribution in [0.2, 0.25) is 0 Å². The number of hydrogen-bond donors (Lipinski definition) is 1. The average Bonchev–Trinajstić information content (AvgIpc) is 2.73. The number of ether oxygens (including phenoxy) is 2. The predicted octanol–water partition coefficient (Wildman–Crippen LogP) is 6.06. The maximum absolute atomic E-state index is 5.82. The number of benzene rings is 3. The maximum Gasteiger partial charge on any atom is 0.119 e. The van der Waals surface area contributed by atoms with Crippen LogP contribution in [0.1, 0.15) is 30.9 Å². The van der Waals surface area contributed by atoms with Gasteiger partial charge in [0.05, 0.1) is 6.61 Å². The van der Waals surface area contributed by atoms with E-state index >= 15 is 0 Å². The van der Waals surface area contributed by atoms with Gasteiger partial charge in [-0.1, -0.05) is 55.8 Å². The summed E-state index contributed by atoms with van der Waals surface area (Å²) in [6, 6.07) is 26.5. The van der Waals surface area contributed by atoms with Crippen LogP contribution in [-0.4, -0.2) is 6.61 Å². The first-order valence-corrected chi connectivity index (χ1v) is 9.56. The lowest BCUT2D eigenvalue weighted by molar-refractivity contribution is 0.306. The van der Waals surface area contributed by atoms with Crippen molar-refractivity contribution >= 4 is 5.69 Å². The molecule has 0 aliphatic rings. The molecule has 0 amide bonds. The van der Waals surface area contributed by atoms with Crippen LogP contribution in [0, 0.1) is 0 Å². The third kappa shape index (κ3) is 6.37. The van der Waals surface area contributed by atoms with Crippen molar-refractivity contribution < 1.29 is 9.47 Å². The van der Waals surface area contributed by atoms with Gasteiger partial charge in [0.25, 0.3) is 0 Å². The number of anilines is 1. The van der Waals surface area contributed by atoms with E-state index in [4.69, 9.17) is 9.47 Å². The molecule has 0 radical (unpaired) electrons. The molecule has 3 rings (SSSR count). The average molecular weight is 361 g/mol. The first-order chi connectivity index (χ1) is 13.3. The smallest absolute Gasteiger partial charge is 0.119 e. The van der Waals surface area contributed by atoms with E-state index in [9.17, 15) is 0 Å². The third-order valence-electron chi connectivity index (χ3n) is 4.29. The molecule has 27 heavy (non-hydrogen) atoms. The molecule has 1 N–H and O–H groups in total. The summed E-state index contributed by atoms with van der Waals surface area (Å²) in [4.78, 5) is 0. The zero-order chi connectivity index (χ0) is 18.7. The fourth-order valence-electron chi connectivity index (χ4n) is 2.65. The molecule has 0 unspecified atom stereocenters. The predicted molar refractivity (Wildman–Crippen MR) is 111 cm³/mol. The second-order valence-corrected chi connectivity index (χ2v) is 6.50. The molecule has 140 valence electrons. The van der Waals surface area contributed by atoms with Crippen molar-refractivity contribution in [3.8, 4) is 11.5 Å². The standard InChI is InChI=1S/C24H27NO2/c1-2-3-17-26-23-13-9-20(10-14-23)18-25-22-11-15-24(16-12-22)27-19-21-7-5-4-6-8-21/h4-16,25H,2-3,17-19H2,1H3. The number of unbranched alkanes of at least 4 members (excludes halogenated alkanes) is 1. The van der Waals surface area contributed by atoms with Gasteiger partial charge < -0.3 is 14.8 Å². The molecular formula is C24H27NO2. The van der Waals surface area contributed by atoms with Gasteiger partial charge in [0.1, 0.15) is 18.1 Å². The van der Waals surface area contributed by atoms with Crippen molar-refractivity contribution in [1.29, 1.82) is 0 Å². The zero-order valence-electron chi connectivity index (χ0n) is 15.9. The van der Waals surface area contributed by atoms with Gasteiger partial charge >= 0.3 is 0 Å². The Morgan fingerprint density at radius 2 is 1.37 bits per heavy atom. The Morgan fingerprint density at radius 3 is 2.07 bits per heavy atom. The van der Waals surface area contributed by atoms with E-state index in [0.29, 0.717) is 6.61 Å². The first-order valence-electron chi connectivity index (χ1n) is 9.56. The molecule has 0 bridgehead atoms. The van der Waals surface area contributed by atoms with E-state index < -0.39 is 0 Å². The Morgan fingerprint density at radius 1 is 0.704 bits per heavy atom. The van der Waals surface area contributed by atoms with Crippen molar-refractivity contribution in [1.82, 2.24) is 0 Å². The summed E-state index contributed by atoms with van der Waals surface area (Å²) in [6.07, 6.45) is 2.24. The van der Waals surface area contributed by atoms with E-state index in [1.54, 1.807) is 0 Å². The molecular weight excluding hydrogens is 334 g/mol. The normalized spacial score (nSPS) is 10.4. The minimum atomic E-state index is 0.584. The van der Waals surface area contributed by atoms with E-state index in [2.05, 4.69) is 36.5 Å². The third-order valence-corrected chi connectivity index (χ3v) is 4.29. The van der Waals surface area contributed by atoms with Crippen LogP contribution in [0.3, 0.4) is 0 Å². The second kappa shape index (κ2) is 10.3. The molecule has 0 aliphatic carbocycles. The summed E-state index contributed by atoms with van der Waals surface area (Å²) in [7, 11) is 0. The Hall–Kier alpha value is -2.94. The van der Waals surface area contributed by atoms with Gasteiger partial charge in [0.2, 0.25) is 0 Å². The Bertz CT molecular complexity index is 783. The highest BCUT2D eigenvalue weighted by molar-refractivity contribution is 5.47. The largest absolute Gasteiger partial charge is 0.494 e. The number of rotatable bonds is 10. The molecule has 3 aromatic rings. The fourth-order valence-corrected chi connectivity index (χ4v) is 2.65. The quantitative estimate of drug-likeness (QED) is 0.445. The second-order valence-electron chi connectivity index (χ2n) is 6.50. The minimum Gasteiger partial charge on any atom is -0.494 e. The highest BCUT2D eigenvalue weighted by Crippen LogP contribution is 2.18. The monoisotopic (exact) mass is 361 g/mol. The van der Waals surface area contributed by atoms with E-state index in [-0.39, 0.29) is 0 Å². The van der Waals surface area contributed by atoms with Gasteiger partial charge in [-0.05, 0) is 53.9 Å². The highest BCUT2D eigenvalue weighted by Gasteiger charge is 1.99. The molecule has 0 aliphatic heterocycles. The van der Waals surface area contributed by atoms with Crippen LogP contribution in [0.15, 0.2) is 78.9 Å². The summed E-state index contributed by atoms with van der Waals surface area (Å²) in [5.74, 6) is 1.81. The Balaban J connectivity index is 1.44. The molecule has 0 spiro atoms. The molecule has 0 heterocycles. The first kappa shape index (κ1) is 18.8. The molecule has 3 aromatic carbocycles. The minimum absolute atomic E-state index is 0.584. The lowest BCUT2D eigenvalue weighted by Gasteiger charge is -2.10. The highest BCUT2D eigenvalue weighted by atomic mass is 16.5. The van der Waals surface area contributed by atoms with E-state index in [1.807, 2.05) is 54.6 Å². The summed E-state index contributed by atoms with van der Waals surface area (Å²) < 4.78 is 11.5. The molecule has 3 heteroatoms. The van der Waals surface area contributed by atoms with Gasteiger partial charge in [-0.3, -0.25) is 0 Å². The number of nitrogens with one attached hydrogen (secondary N) is 1. The molecule has 0 saturated carbocycles. The Labute approximate surface area is 162 Å². The van der Waals surface area contributed by atoms with Crippen LogP contribution in [0.5, 0.6) is 11.5 Å². The topological polar surface area (TPSA) is 30.5 Å². The molecule has 0 atom stereocenters. The van der Waals surface area contributed by atoms with Gasteiger partial charge in [0, 0.05) is 12.2 Å². The van der Waals surface area contributed by atoms with Gasteiger partial charge in [0.15, 0.2) is 0 Å². The van der Waals surface area contributed by atoms with Gasteiger partial charge in [-0.2, -0.15) is 0 Å². The van der Waals surface area contributed by atoms with Crippen molar-refractivity contribution in [2.75, 3.05) is 11.9 Å². The lowest BCUT2D eigenvalue weighted by Crippen LogP contribution is -2.00. The van der Waals surface area contributed by atoms with Gasteiger partial charge in [-0.25, -0.2) is 0 Å². The zero-order valence-corrected chi connectivity index (χ0v) is 15.9. The van der Waals surface area contributed by atoms with Gasteiger partial charge in [-0.15, -0.1) is 0 Å². The molecule has 0 fully saturated rings. The fraction of sp³-hybridized carbons (Fsp3) is 0.250. The molecule has 0 aromatic heterocycles. The van der Waals surface area contributed by atoms with Crippen molar-refractivity contribution in [2.24, 2.45) is 0 Å². The van der Waals surface area contributed by atoms with Crippen LogP contribution in [0.4, 0.5) is 5.69 Å². The summed E-state index contributed by atoms with van der Waals surface area (Å²) in [5, 5.41) is 3.44. The van der Waals surface area contributed by atoms with E-state index in [0.717, 1.165) is 43.2 Å². The summed E-state index contributed by atoms with van der Waals surface area (Å²) >= 11 is 0. The number of hydrogen-bond acceptors (Lipinski definition) is 3. The maximum atomic E-state index is 5.82. The van der Waals surface area contributed by atoms with Crippen molar-refractivity contribution in [2.45, 2.75) is 32.9 Å². The Kier molecular flexibility index (Phi) is 7.16. The van der Waals surface area contributed by atoms with Crippen LogP contribution >= 0.6 is 0 Å². The lowest BCUT2D eigenvalue weighted by atomic mass is 10.2. The van der Waals surface area contributed by atoms with Crippen LogP contribution < -0.4 is 14.8 Å². The summed E-state index contributed by atoms with van der Waals surface area (Å²) in [6.45, 7) is 4.31. The van der Waals surface area contributed by atoms with Crippen molar-refractivity contribution in [3.05, 3.63) is 90.0 Å². The van der Waals surface area contributed by atoms with Crippen LogP contribution in [0.25, 0.3) is 0 Å². The molecule has 3 nitrogen and oxygen atoms in total. The van der Waals surface area contributed by atoms with E-state index in [1.165, 1.54) is 11.1 Å². The SMILES string of the molecule is CCCCOc1ccc(CNc2ccc(OCc3ccccc3)cc2)cc1. The summed E-state index contributed by atoms with van der Waals surface area (Å²) in [5.41, 5.74) is 3.47. The van der Waals surface area contributed by atoms with Crippen molar-refractivity contribution in [3.63, 3.8) is 0 Å². The van der Waals surface area contributed by atoms with Crippen LogP contribution in [-0.2, 0) is 13.2 Å².